The van der Waals surface area contributed by atoms with E-state index in [1.807, 2.05) is 131 Å². The van der Waals surface area contributed by atoms with Crippen LogP contribution in [0, 0.1) is 81.1 Å². The van der Waals surface area contributed by atoms with E-state index in [4.69, 9.17) is 0 Å². The van der Waals surface area contributed by atoms with Crippen LogP contribution in [0.3, 0.4) is 0 Å². The van der Waals surface area contributed by atoms with Gasteiger partial charge in [-0.1, -0.05) is 51.7 Å². The third kappa shape index (κ3) is 22.1. The minimum absolute atomic E-state index is 0.829. The van der Waals surface area contributed by atoms with Crippen LogP contribution in [0.2, 0.25) is 0 Å². The summed E-state index contributed by atoms with van der Waals surface area (Å²) in [7, 11) is 0. The van der Waals surface area contributed by atoms with E-state index in [0.717, 1.165) is 57.4 Å². The average molecular weight is 651 g/mol. The lowest BCUT2D eigenvalue weighted by Crippen LogP contribution is -2.08. The first-order valence-electron chi connectivity index (χ1n) is 16.8. The second-order valence-electron chi connectivity index (χ2n) is 12.7. The molecule has 0 aliphatic heterocycles. The molecule has 8 heteroatoms. The topological polar surface area (TPSA) is 103 Å². The lowest BCUT2D eigenvalue weighted by atomic mass is 9.84. The first-order valence-corrected chi connectivity index (χ1v) is 16.8. The minimum atomic E-state index is 0.829. The molecule has 1 saturated carbocycles. The number of hydrogen-bond acceptors (Lipinski definition) is 8. The number of pyridine rings is 2. The predicted octanol–water partition coefficient (Wildman–Crippen LogP) is 9.51. The molecule has 1 fully saturated rings. The Morgan fingerprint density at radius 2 is 0.562 bits per heavy atom. The van der Waals surface area contributed by atoms with Crippen LogP contribution in [0.5, 0.6) is 0 Å². The number of hydrogen-bond donors (Lipinski definition) is 0. The van der Waals surface area contributed by atoms with E-state index in [1.165, 1.54) is 36.8 Å². The molecule has 0 atom stereocenters. The summed E-state index contributed by atoms with van der Waals surface area (Å²) in [5, 5.41) is 0. The van der Waals surface area contributed by atoms with Gasteiger partial charge < -0.3 is 0 Å². The molecule has 1 aliphatic rings. The summed E-state index contributed by atoms with van der Waals surface area (Å²) in [5.74, 6) is 4.53. The fourth-order valence-corrected chi connectivity index (χ4v) is 3.88. The van der Waals surface area contributed by atoms with Crippen molar-refractivity contribution in [3.8, 4) is 0 Å². The van der Waals surface area contributed by atoms with E-state index in [2.05, 4.69) is 65.9 Å². The van der Waals surface area contributed by atoms with Crippen LogP contribution in [0.25, 0.3) is 0 Å². The zero-order valence-electron chi connectivity index (χ0n) is 31.5. The van der Waals surface area contributed by atoms with Crippen LogP contribution in [0.1, 0.15) is 96.2 Å². The molecule has 5 aromatic heterocycles. The summed E-state index contributed by atoms with van der Waals surface area (Å²) < 4.78 is 0. The maximum atomic E-state index is 4.08. The molecule has 48 heavy (non-hydrogen) atoms. The quantitative estimate of drug-likeness (QED) is 0.163. The van der Waals surface area contributed by atoms with E-state index in [1.54, 1.807) is 0 Å². The first-order chi connectivity index (χ1) is 22.7. The molecule has 0 aromatic carbocycles. The zero-order valence-corrected chi connectivity index (χ0v) is 31.5. The first kappa shape index (κ1) is 41.6. The summed E-state index contributed by atoms with van der Waals surface area (Å²) in [6.45, 7) is 24.3. The number of aromatic nitrogens is 8. The van der Waals surface area contributed by atoms with Gasteiger partial charge in [-0.3, -0.25) is 9.97 Å². The van der Waals surface area contributed by atoms with Crippen molar-refractivity contribution in [3.63, 3.8) is 0 Å². The van der Waals surface area contributed by atoms with Crippen molar-refractivity contribution in [1.29, 1.82) is 0 Å². The molecule has 1 aliphatic carbocycles. The highest BCUT2D eigenvalue weighted by Gasteiger charge is 2.13. The number of nitrogens with zero attached hydrogens (tertiary/aromatic N) is 8. The van der Waals surface area contributed by atoms with Gasteiger partial charge in [0, 0.05) is 61.0 Å². The smallest absolute Gasteiger partial charge is 0.125 e. The van der Waals surface area contributed by atoms with Gasteiger partial charge in [-0.2, -0.15) is 0 Å². The molecule has 0 radical (unpaired) electrons. The van der Waals surface area contributed by atoms with Gasteiger partial charge in [0.1, 0.15) is 17.5 Å². The van der Waals surface area contributed by atoms with Crippen molar-refractivity contribution in [2.24, 2.45) is 11.8 Å². The van der Waals surface area contributed by atoms with E-state index >= 15 is 0 Å². The Kier molecular flexibility index (Phi) is 20.6. The maximum absolute atomic E-state index is 4.08. The summed E-state index contributed by atoms with van der Waals surface area (Å²) in [5.41, 5.74) is 7.92. The van der Waals surface area contributed by atoms with Gasteiger partial charge >= 0.3 is 0 Å². The molecular weight excluding hydrogens is 592 g/mol. The monoisotopic (exact) mass is 650 g/mol. The van der Waals surface area contributed by atoms with Gasteiger partial charge in [-0.25, -0.2) is 29.9 Å². The molecule has 258 valence electrons. The molecule has 0 unspecified atom stereocenters. The molecule has 0 saturated heterocycles. The van der Waals surface area contributed by atoms with E-state index < -0.39 is 0 Å². The lowest BCUT2D eigenvalue weighted by Gasteiger charge is -2.22. The number of aryl methyl sites for hydroxylation is 10. The fourth-order valence-electron chi connectivity index (χ4n) is 3.88. The van der Waals surface area contributed by atoms with Crippen molar-refractivity contribution in [1.82, 2.24) is 39.9 Å². The zero-order chi connectivity index (χ0) is 35.9. The molecule has 5 heterocycles. The van der Waals surface area contributed by atoms with Gasteiger partial charge in [-0.15, -0.1) is 0 Å². The van der Waals surface area contributed by atoms with Crippen LogP contribution in [0.4, 0.5) is 0 Å². The summed E-state index contributed by atoms with van der Waals surface area (Å²) in [6.07, 6.45) is 20.5. The van der Waals surface area contributed by atoms with Crippen LogP contribution in [0.15, 0.2) is 73.8 Å². The van der Waals surface area contributed by atoms with Crippen molar-refractivity contribution in [3.05, 3.63) is 131 Å². The molecule has 5 aromatic rings. The molecule has 0 amide bonds. The van der Waals surface area contributed by atoms with E-state index in [-0.39, 0.29) is 0 Å². The largest absolute Gasteiger partial charge is 0.261 e. The molecular formula is C40H58N8. The van der Waals surface area contributed by atoms with Crippen LogP contribution in [-0.4, -0.2) is 39.9 Å². The normalized spacial score (nSPS) is 14.3. The van der Waals surface area contributed by atoms with Gasteiger partial charge in [0.25, 0.3) is 0 Å². The molecule has 0 N–H and O–H groups in total. The van der Waals surface area contributed by atoms with Crippen molar-refractivity contribution >= 4 is 0 Å². The summed E-state index contributed by atoms with van der Waals surface area (Å²) in [4.78, 5) is 32.0. The predicted molar refractivity (Wildman–Crippen MR) is 199 cm³/mol. The Balaban J connectivity index is 0.000000288. The van der Waals surface area contributed by atoms with Crippen molar-refractivity contribution < 1.29 is 0 Å². The third-order valence-corrected chi connectivity index (χ3v) is 7.15. The summed E-state index contributed by atoms with van der Waals surface area (Å²) >= 11 is 0. The summed E-state index contributed by atoms with van der Waals surface area (Å²) in [6, 6.07) is 8.13. The van der Waals surface area contributed by atoms with Gasteiger partial charge in [0.2, 0.25) is 0 Å². The number of rotatable bonds is 0. The minimum Gasteiger partial charge on any atom is -0.261 e. The highest BCUT2D eigenvalue weighted by atomic mass is 14.9. The average Bonchev–Trinajstić information content (AvgIpc) is 3.07. The SMILES string of the molecule is CC1CCC(C)CC1.Cc1ccc(C)nc1.Cc1ccc(C)nc1.Cc1cnc(C)nc1.Cc1cnc(C)nc1.Cc1cnc(C)nc1. The van der Waals surface area contributed by atoms with E-state index in [9.17, 15) is 0 Å². The van der Waals surface area contributed by atoms with Gasteiger partial charge in [-0.05, 0) is 121 Å². The van der Waals surface area contributed by atoms with E-state index in [0.29, 0.717) is 0 Å². The fraction of sp³-hybridized carbons (Fsp3) is 0.450. The van der Waals surface area contributed by atoms with Gasteiger partial charge in [0.15, 0.2) is 0 Å². The third-order valence-electron chi connectivity index (χ3n) is 7.15. The lowest BCUT2D eigenvalue weighted by molar-refractivity contribution is 0.308. The highest BCUT2D eigenvalue weighted by molar-refractivity contribution is 5.11. The molecule has 0 spiro atoms. The van der Waals surface area contributed by atoms with Crippen LogP contribution in [-0.2, 0) is 0 Å². The second kappa shape index (κ2) is 23.8. The van der Waals surface area contributed by atoms with Crippen LogP contribution >= 0.6 is 0 Å². The Hall–Kier alpha value is -4.46. The standard InChI is InChI=1S/C8H16.2C7H9N.3C6H8N2/c1-7-3-5-8(2)6-4-7;2*1-6-3-4-7(2)8-5-6;3*1-5-3-7-6(2)8-4-5/h7-8H,3-6H2,1-2H3;2*3-5H,1-2H3;3*3-4H,1-2H3. The van der Waals surface area contributed by atoms with Crippen LogP contribution < -0.4 is 0 Å². The second-order valence-corrected chi connectivity index (χ2v) is 12.7. The molecule has 8 nitrogen and oxygen atoms in total. The maximum Gasteiger partial charge on any atom is 0.125 e. The van der Waals surface area contributed by atoms with Crippen molar-refractivity contribution in [2.75, 3.05) is 0 Å². The Morgan fingerprint density at radius 3 is 0.729 bits per heavy atom. The Morgan fingerprint density at radius 1 is 0.333 bits per heavy atom. The Labute approximate surface area is 290 Å². The molecule has 0 bridgehead atoms. The van der Waals surface area contributed by atoms with Gasteiger partial charge in [0.05, 0.1) is 0 Å². The Bertz CT molecular complexity index is 1130. The molecule has 6 rings (SSSR count). The van der Waals surface area contributed by atoms with Crippen molar-refractivity contribution in [2.45, 2.75) is 109 Å². The highest BCUT2D eigenvalue weighted by Crippen LogP contribution is 2.27.